The summed E-state index contributed by atoms with van der Waals surface area (Å²) in [6.07, 6.45) is 2.09. The van der Waals surface area contributed by atoms with Crippen LogP contribution in [0.5, 0.6) is 0 Å². The first kappa shape index (κ1) is 14.9. The van der Waals surface area contributed by atoms with Crippen molar-refractivity contribution in [3.05, 3.63) is 20.8 Å². The van der Waals surface area contributed by atoms with Gasteiger partial charge >= 0.3 is 5.69 Å². The van der Waals surface area contributed by atoms with Gasteiger partial charge in [-0.15, -0.1) is 0 Å². The number of aryl methyl sites for hydroxylation is 2. The van der Waals surface area contributed by atoms with E-state index in [4.69, 9.17) is 0 Å². The van der Waals surface area contributed by atoms with Gasteiger partial charge < -0.3 is 9.88 Å². The summed E-state index contributed by atoms with van der Waals surface area (Å²) in [6.45, 7) is 0. The molecule has 0 saturated heterocycles. The van der Waals surface area contributed by atoms with E-state index in [1.165, 1.54) is 23.4 Å². The highest BCUT2D eigenvalue weighted by atomic mass is 32.2. The van der Waals surface area contributed by atoms with Crippen LogP contribution in [0.2, 0.25) is 0 Å². The van der Waals surface area contributed by atoms with E-state index in [2.05, 4.69) is 10.3 Å². The molecule has 3 rings (SSSR count). The Morgan fingerprint density at radius 3 is 2.55 bits per heavy atom. The van der Waals surface area contributed by atoms with Crippen LogP contribution in [-0.4, -0.2) is 36.4 Å². The second kappa shape index (κ2) is 5.31. The monoisotopic (exact) mass is 323 g/mol. The Morgan fingerprint density at radius 1 is 1.23 bits per heavy atom. The number of hydrogen-bond donors (Lipinski definition) is 1. The Hall–Kier alpha value is -2.03. The molecule has 2 heterocycles. The highest BCUT2D eigenvalue weighted by molar-refractivity contribution is 7.99. The summed E-state index contributed by atoms with van der Waals surface area (Å²) in [6, 6.07) is 0.321. The maximum atomic E-state index is 12.2. The Kier molecular flexibility index (Phi) is 3.59. The molecule has 22 heavy (non-hydrogen) atoms. The van der Waals surface area contributed by atoms with Crippen LogP contribution in [0.15, 0.2) is 14.7 Å². The number of nitrogens with one attached hydrogen (secondary N) is 1. The lowest BCUT2D eigenvalue weighted by Gasteiger charge is -2.04. The minimum absolute atomic E-state index is 0.0404. The first-order valence-corrected chi connectivity index (χ1v) is 7.93. The van der Waals surface area contributed by atoms with E-state index in [0.29, 0.717) is 22.4 Å². The van der Waals surface area contributed by atoms with Crippen LogP contribution in [-0.2, 0) is 25.9 Å². The predicted molar refractivity (Wildman–Crippen MR) is 83.1 cm³/mol. The van der Waals surface area contributed by atoms with E-state index in [9.17, 15) is 14.4 Å². The number of aromatic nitrogens is 4. The van der Waals surface area contributed by atoms with Crippen LogP contribution in [0, 0.1) is 0 Å². The van der Waals surface area contributed by atoms with Gasteiger partial charge in [0.25, 0.3) is 5.56 Å². The summed E-state index contributed by atoms with van der Waals surface area (Å²) in [4.78, 5) is 40.2. The third kappa shape index (κ3) is 2.45. The van der Waals surface area contributed by atoms with Crippen LogP contribution in [0.25, 0.3) is 11.2 Å². The second-order valence-electron chi connectivity index (χ2n) is 5.46. The maximum absolute atomic E-state index is 12.2. The molecular formula is C13H17N5O3S. The average molecular weight is 323 g/mol. The number of fused-ring (bicyclic) bond motifs is 1. The molecule has 1 amide bonds. The third-order valence-corrected chi connectivity index (χ3v) is 4.74. The SMILES string of the molecule is Cn1c(=O)c2c(nc(SCC(=O)NC3CC3)n2C)n(C)c1=O. The predicted octanol–water partition coefficient (Wildman–Crippen LogP) is -0.659. The average Bonchev–Trinajstić information content (AvgIpc) is 3.23. The minimum atomic E-state index is -0.418. The zero-order valence-electron chi connectivity index (χ0n) is 12.6. The smallest absolute Gasteiger partial charge is 0.332 e. The number of thioether (sulfide) groups is 1. The fraction of sp³-hybridized carbons (Fsp3) is 0.538. The summed E-state index contributed by atoms with van der Waals surface area (Å²) in [5.74, 6) is 0.198. The quantitative estimate of drug-likeness (QED) is 0.755. The number of nitrogens with zero attached hydrogens (tertiary/aromatic N) is 4. The van der Waals surface area contributed by atoms with Crippen LogP contribution in [0.3, 0.4) is 0 Å². The Labute approximate surface area is 130 Å². The van der Waals surface area contributed by atoms with Crippen molar-refractivity contribution in [1.29, 1.82) is 0 Å². The minimum Gasteiger partial charge on any atom is -0.353 e. The number of carbonyl (C=O) groups is 1. The normalized spacial score (nSPS) is 14.5. The number of hydrogen-bond acceptors (Lipinski definition) is 5. The van der Waals surface area contributed by atoms with Crippen LogP contribution < -0.4 is 16.6 Å². The van der Waals surface area contributed by atoms with Crippen molar-refractivity contribution in [1.82, 2.24) is 24.0 Å². The van der Waals surface area contributed by atoms with Gasteiger partial charge in [0.15, 0.2) is 16.3 Å². The molecule has 0 radical (unpaired) electrons. The highest BCUT2D eigenvalue weighted by Crippen LogP contribution is 2.21. The number of rotatable bonds is 4. The topological polar surface area (TPSA) is 90.9 Å². The van der Waals surface area contributed by atoms with Crippen molar-refractivity contribution in [3.63, 3.8) is 0 Å². The third-order valence-electron chi connectivity index (χ3n) is 3.71. The first-order chi connectivity index (χ1) is 10.4. The molecule has 8 nitrogen and oxygen atoms in total. The van der Waals surface area contributed by atoms with E-state index < -0.39 is 5.69 Å². The van der Waals surface area contributed by atoms with Gasteiger partial charge in [-0.05, 0) is 12.8 Å². The van der Waals surface area contributed by atoms with Gasteiger partial charge in [0, 0.05) is 27.2 Å². The number of carbonyl (C=O) groups excluding carboxylic acids is 1. The van der Waals surface area contributed by atoms with Crippen molar-refractivity contribution < 1.29 is 4.79 Å². The van der Waals surface area contributed by atoms with E-state index >= 15 is 0 Å². The fourth-order valence-corrected chi connectivity index (χ4v) is 3.03. The molecular weight excluding hydrogens is 306 g/mol. The largest absolute Gasteiger partial charge is 0.353 e. The van der Waals surface area contributed by atoms with Gasteiger partial charge in [-0.1, -0.05) is 11.8 Å². The standard InChI is InChI=1S/C13H17N5O3S/c1-16-9-10(17(2)13(21)18(3)11(9)20)15-12(16)22-6-8(19)14-7-4-5-7/h7H,4-6H2,1-3H3,(H,14,19). The molecule has 0 bridgehead atoms. The molecule has 1 aliphatic rings. The molecule has 0 atom stereocenters. The van der Waals surface area contributed by atoms with Crippen molar-refractivity contribution in [3.8, 4) is 0 Å². The fourth-order valence-electron chi connectivity index (χ4n) is 2.25. The number of imidazole rings is 1. The van der Waals surface area contributed by atoms with Crippen molar-refractivity contribution >= 4 is 28.8 Å². The molecule has 0 unspecified atom stereocenters. The summed E-state index contributed by atoms with van der Waals surface area (Å²) in [5, 5.41) is 3.44. The summed E-state index contributed by atoms with van der Waals surface area (Å²) in [7, 11) is 4.72. The van der Waals surface area contributed by atoms with Gasteiger partial charge in [0.1, 0.15) is 0 Å². The van der Waals surface area contributed by atoms with E-state index in [0.717, 1.165) is 17.4 Å². The van der Waals surface area contributed by atoms with Crippen LogP contribution in [0.4, 0.5) is 0 Å². The lowest BCUT2D eigenvalue weighted by Crippen LogP contribution is -2.37. The zero-order valence-corrected chi connectivity index (χ0v) is 13.4. The first-order valence-electron chi connectivity index (χ1n) is 6.94. The van der Waals surface area contributed by atoms with E-state index in [1.807, 2.05) is 0 Å². The molecule has 1 aliphatic carbocycles. The summed E-state index contributed by atoms with van der Waals surface area (Å²) in [5.41, 5.74) is -0.114. The molecule has 0 spiro atoms. The Balaban J connectivity index is 1.94. The summed E-state index contributed by atoms with van der Waals surface area (Å²) >= 11 is 1.26. The van der Waals surface area contributed by atoms with Crippen molar-refractivity contribution in [2.24, 2.45) is 21.1 Å². The van der Waals surface area contributed by atoms with Crippen LogP contribution in [0.1, 0.15) is 12.8 Å². The molecule has 0 aliphatic heterocycles. The second-order valence-corrected chi connectivity index (χ2v) is 6.40. The van der Waals surface area contributed by atoms with Crippen LogP contribution >= 0.6 is 11.8 Å². The molecule has 0 aromatic carbocycles. The molecule has 1 N–H and O–H groups in total. The summed E-state index contributed by atoms with van der Waals surface area (Å²) < 4.78 is 4.02. The zero-order chi connectivity index (χ0) is 16.0. The highest BCUT2D eigenvalue weighted by Gasteiger charge is 2.24. The van der Waals surface area contributed by atoms with E-state index in [1.54, 1.807) is 18.7 Å². The lowest BCUT2D eigenvalue weighted by atomic mass is 10.5. The van der Waals surface area contributed by atoms with Gasteiger partial charge in [-0.2, -0.15) is 0 Å². The molecule has 9 heteroatoms. The van der Waals surface area contributed by atoms with Crippen molar-refractivity contribution in [2.75, 3.05) is 5.75 Å². The maximum Gasteiger partial charge on any atom is 0.332 e. The lowest BCUT2D eigenvalue weighted by molar-refractivity contribution is -0.118. The van der Waals surface area contributed by atoms with Gasteiger partial charge in [0.05, 0.1) is 5.75 Å². The van der Waals surface area contributed by atoms with Crippen molar-refractivity contribution in [2.45, 2.75) is 24.0 Å². The molecule has 118 valence electrons. The van der Waals surface area contributed by atoms with Gasteiger partial charge in [-0.3, -0.25) is 18.7 Å². The van der Waals surface area contributed by atoms with Gasteiger partial charge in [0.2, 0.25) is 5.91 Å². The molecule has 1 fully saturated rings. The Morgan fingerprint density at radius 2 is 1.91 bits per heavy atom. The molecule has 2 aromatic rings. The molecule has 1 saturated carbocycles. The molecule has 2 aromatic heterocycles. The van der Waals surface area contributed by atoms with Gasteiger partial charge in [-0.25, -0.2) is 9.78 Å². The number of amides is 1. The van der Waals surface area contributed by atoms with E-state index in [-0.39, 0.29) is 17.2 Å². The Bertz CT molecular complexity index is 874.